The fourth-order valence-corrected chi connectivity index (χ4v) is 3.70. The molecule has 5 aromatic rings. The van der Waals surface area contributed by atoms with Crippen LogP contribution in [0.25, 0.3) is 32.9 Å². The molecule has 3 N–H and O–H groups in total. The van der Waals surface area contributed by atoms with Crippen LogP contribution < -0.4 is 10.9 Å². The number of carbonyl (C=O) groups excluding carboxylic acids is 1. The standard InChI is InChI=1S/C22H14ClN5O2/c23-17-11-12(24-22(30)20-16-7-3-4-8-18(16)25-27-20)9-10-15(17)19-13-5-1-2-6-14(13)21(29)28-26-19/h1-11H,(H,24,30)(H,25,27)(H,28,29). The maximum atomic E-state index is 12.7. The molecular weight excluding hydrogens is 402 g/mol. The van der Waals surface area contributed by atoms with Crippen LogP contribution in [0.3, 0.4) is 0 Å². The first-order chi connectivity index (χ1) is 14.6. The number of hydrogen-bond acceptors (Lipinski definition) is 4. The van der Waals surface area contributed by atoms with E-state index in [1.54, 1.807) is 30.3 Å². The molecule has 0 atom stereocenters. The fraction of sp³-hybridized carbons (Fsp3) is 0. The summed E-state index contributed by atoms with van der Waals surface area (Å²) in [5.41, 5.74) is 2.56. The number of halogens is 1. The van der Waals surface area contributed by atoms with Crippen molar-refractivity contribution in [3.63, 3.8) is 0 Å². The molecule has 0 aliphatic rings. The Morgan fingerprint density at radius 3 is 2.40 bits per heavy atom. The zero-order chi connectivity index (χ0) is 20.7. The number of nitrogens with one attached hydrogen (secondary N) is 3. The minimum atomic E-state index is -0.344. The average Bonchev–Trinajstić information content (AvgIpc) is 3.19. The molecule has 0 saturated carbocycles. The molecule has 3 aromatic carbocycles. The summed E-state index contributed by atoms with van der Waals surface area (Å²) in [4.78, 5) is 24.7. The van der Waals surface area contributed by atoms with Crippen LogP contribution in [0, 0.1) is 0 Å². The topological polar surface area (TPSA) is 104 Å². The zero-order valence-electron chi connectivity index (χ0n) is 15.4. The molecule has 7 nitrogen and oxygen atoms in total. The van der Waals surface area contributed by atoms with Crippen LogP contribution >= 0.6 is 11.6 Å². The number of nitrogens with zero attached hydrogens (tertiary/aromatic N) is 2. The Labute approximate surface area is 174 Å². The highest BCUT2D eigenvalue weighted by molar-refractivity contribution is 6.34. The van der Waals surface area contributed by atoms with E-state index >= 15 is 0 Å². The first-order valence-corrected chi connectivity index (χ1v) is 9.51. The van der Waals surface area contributed by atoms with E-state index in [0.29, 0.717) is 38.4 Å². The lowest BCUT2D eigenvalue weighted by molar-refractivity contribution is 0.102. The Morgan fingerprint density at radius 1 is 0.867 bits per heavy atom. The molecule has 2 heterocycles. The Morgan fingerprint density at radius 2 is 1.60 bits per heavy atom. The molecule has 0 spiro atoms. The SMILES string of the molecule is O=C(Nc1ccc(-c2n[nH]c(=O)c3ccccc23)c(Cl)c1)c1n[nH]c2ccccc12. The molecule has 0 radical (unpaired) electrons. The zero-order valence-corrected chi connectivity index (χ0v) is 16.2. The van der Waals surface area contributed by atoms with Gasteiger partial charge in [-0.1, -0.05) is 48.0 Å². The second-order valence-corrected chi connectivity index (χ2v) is 7.12. The number of amides is 1. The van der Waals surface area contributed by atoms with Crippen molar-refractivity contribution in [2.24, 2.45) is 0 Å². The van der Waals surface area contributed by atoms with Crippen LogP contribution in [0.5, 0.6) is 0 Å². The third-order valence-corrected chi connectivity index (χ3v) is 5.18. The molecule has 0 bridgehead atoms. The fourth-order valence-electron chi connectivity index (χ4n) is 3.43. The number of benzene rings is 3. The van der Waals surface area contributed by atoms with Crippen LogP contribution in [0.2, 0.25) is 5.02 Å². The van der Waals surface area contributed by atoms with Gasteiger partial charge in [0.15, 0.2) is 5.69 Å². The van der Waals surface area contributed by atoms with Gasteiger partial charge in [-0.2, -0.15) is 10.2 Å². The van der Waals surface area contributed by atoms with Crippen molar-refractivity contribution < 1.29 is 4.79 Å². The molecule has 0 fully saturated rings. The summed E-state index contributed by atoms with van der Waals surface area (Å²) in [6.45, 7) is 0. The first-order valence-electron chi connectivity index (χ1n) is 9.13. The number of aromatic amines is 2. The largest absolute Gasteiger partial charge is 0.321 e. The smallest absolute Gasteiger partial charge is 0.276 e. The molecule has 146 valence electrons. The summed E-state index contributed by atoms with van der Waals surface area (Å²) in [7, 11) is 0. The maximum Gasteiger partial charge on any atom is 0.276 e. The number of hydrogen-bond donors (Lipinski definition) is 3. The highest BCUT2D eigenvalue weighted by atomic mass is 35.5. The van der Waals surface area contributed by atoms with Crippen molar-refractivity contribution in [3.05, 3.63) is 87.8 Å². The number of anilines is 1. The van der Waals surface area contributed by atoms with E-state index in [1.807, 2.05) is 36.4 Å². The summed E-state index contributed by atoms with van der Waals surface area (Å²) in [5.74, 6) is -0.344. The van der Waals surface area contributed by atoms with Crippen molar-refractivity contribution in [3.8, 4) is 11.3 Å². The van der Waals surface area contributed by atoms with E-state index in [9.17, 15) is 9.59 Å². The Balaban J connectivity index is 1.49. The maximum absolute atomic E-state index is 12.7. The van der Waals surface area contributed by atoms with Gasteiger partial charge >= 0.3 is 0 Å². The third kappa shape index (κ3) is 3.01. The van der Waals surface area contributed by atoms with Crippen LogP contribution in [0.1, 0.15) is 10.5 Å². The molecule has 30 heavy (non-hydrogen) atoms. The molecular formula is C22H14ClN5O2. The van der Waals surface area contributed by atoms with Crippen molar-refractivity contribution in [2.45, 2.75) is 0 Å². The van der Waals surface area contributed by atoms with Gasteiger partial charge in [-0.25, -0.2) is 5.10 Å². The predicted octanol–water partition coefficient (Wildman–Crippen LogP) is 4.37. The Hall–Kier alpha value is -3.97. The molecule has 0 unspecified atom stereocenters. The summed E-state index contributed by atoms with van der Waals surface area (Å²) in [5, 5.41) is 18.8. The molecule has 5 rings (SSSR count). The molecule has 2 aromatic heterocycles. The monoisotopic (exact) mass is 415 g/mol. The molecule has 0 aliphatic carbocycles. The van der Waals surface area contributed by atoms with Gasteiger partial charge in [0.2, 0.25) is 0 Å². The van der Waals surface area contributed by atoms with Gasteiger partial charge in [0.25, 0.3) is 11.5 Å². The first kappa shape index (κ1) is 18.1. The van der Waals surface area contributed by atoms with Crippen molar-refractivity contribution >= 4 is 44.9 Å². The van der Waals surface area contributed by atoms with Crippen LogP contribution in [-0.4, -0.2) is 26.3 Å². The van der Waals surface area contributed by atoms with Gasteiger partial charge in [0.05, 0.1) is 15.9 Å². The average molecular weight is 416 g/mol. The quantitative estimate of drug-likeness (QED) is 0.407. The van der Waals surface area contributed by atoms with E-state index in [0.717, 1.165) is 10.9 Å². The summed E-state index contributed by atoms with van der Waals surface area (Å²) in [6.07, 6.45) is 0. The summed E-state index contributed by atoms with van der Waals surface area (Å²) >= 11 is 6.50. The molecule has 0 saturated heterocycles. The van der Waals surface area contributed by atoms with Gasteiger partial charge in [-0.05, 0) is 30.3 Å². The molecule has 0 aliphatic heterocycles. The van der Waals surface area contributed by atoms with Crippen LogP contribution in [-0.2, 0) is 0 Å². The summed E-state index contributed by atoms with van der Waals surface area (Å²) in [6, 6.07) is 19.7. The van der Waals surface area contributed by atoms with Crippen molar-refractivity contribution in [1.82, 2.24) is 20.4 Å². The van der Waals surface area contributed by atoms with E-state index in [-0.39, 0.29) is 11.5 Å². The second-order valence-electron chi connectivity index (χ2n) is 6.71. The highest BCUT2D eigenvalue weighted by Crippen LogP contribution is 2.32. The molecule has 8 heteroatoms. The lowest BCUT2D eigenvalue weighted by Gasteiger charge is -2.09. The highest BCUT2D eigenvalue weighted by Gasteiger charge is 2.16. The number of aromatic nitrogens is 4. The number of carbonyl (C=O) groups is 1. The van der Waals surface area contributed by atoms with Crippen LogP contribution in [0.4, 0.5) is 5.69 Å². The van der Waals surface area contributed by atoms with E-state index in [4.69, 9.17) is 11.6 Å². The predicted molar refractivity (Wildman–Crippen MR) is 117 cm³/mol. The lowest BCUT2D eigenvalue weighted by atomic mass is 10.0. The summed E-state index contributed by atoms with van der Waals surface area (Å²) < 4.78 is 0. The van der Waals surface area contributed by atoms with E-state index in [1.165, 1.54) is 0 Å². The number of para-hydroxylation sites is 1. The van der Waals surface area contributed by atoms with Crippen molar-refractivity contribution in [2.75, 3.05) is 5.32 Å². The van der Waals surface area contributed by atoms with E-state index in [2.05, 4.69) is 25.7 Å². The number of fused-ring (bicyclic) bond motifs is 2. The second kappa shape index (κ2) is 7.13. The Kier molecular flexibility index (Phi) is 4.30. The van der Waals surface area contributed by atoms with Gasteiger partial charge in [-0.3, -0.25) is 14.7 Å². The minimum absolute atomic E-state index is 0.263. The molecule has 1 amide bonds. The third-order valence-electron chi connectivity index (χ3n) is 4.86. The van der Waals surface area contributed by atoms with E-state index < -0.39 is 0 Å². The lowest BCUT2D eigenvalue weighted by Crippen LogP contribution is -2.13. The minimum Gasteiger partial charge on any atom is -0.321 e. The normalized spacial score (nSPS) is 11.1. The van der Waals surface area contributed by atoms with Crippen LogP contribution in [0.15, 0.2) is 71.5 Å². The van der Waals surface area contributed by atoms with Gasteiger partial charge in [0.1, 0.15) is 5.69 Å². The number of rotatable bonds is 3. The number of H-pyrrole nitrogens is 2. The van der Waals surface area contributed by atoms with Gasteiger partial charge < -0.3 is 5.32 Å². The van der Waals surface area contributed by atoms with Gasteiger partial charge in [0, 0.05) is 22.0 Å². The van der Waals surface area contributed by atoms with Gasteiger partial charge in [-0.15, -0.1) is 0 Å². The van der Waals surface area contributed by atoms with Crippen molar-refractivity contribution in [1.29, 1.82) is 0 Å². The Bertz CT molecular complexity index is 1490.